The van der Waals surface area contributed by atoms with Crippen LogP contribution in [0, 0.1) is 6.92 Å². The highest BCUT2D eigenvalue weighted by molar-refractivity contribution is 6.30. The molecule has 1 atom stereocenters. The van der Waals surface area contributed by atoms with Crippen molar-refractivity contribution >= 4 is 11.6 Å². The molecule has 0 bridgehead atoms. The molecule has 110 valence electrons. The summed E-state index contributed by atoms with van der Waals surface area (Å²) in [5.41, 5.74) is 0.857. The Hall–Kier alpha value is -0.870. The van der Waals surface area contributed by atoms with Gasteiger partial charge in [-0.3, -0.25) is 0 Å². The van der Waals surface area contributed by atoms with Crippen molar-refractivity contribution in [2.45, 2.75) is 51.0 Å². The summed E-state index contributed by atoms with van der Waals surface area (Å²) in [6.07, 6.45) is 5.97. The van der Waals surface area contributed by atoms with Gasteiger partial charge in [-0.25, -0.2) is 4.98 Å². The first-order valence-corrected chi connectivity index (χ1v) is 7.90. The van der Waals surface area contributed by atoms with E-state index in [9.17, 15) is 0 Å². The molecule has 1 aliphatic heterocycles. The zero-order valence-electron chi connectivity index (χ0n) is 12.2. The van der Waals surface area contributed by atoms with E-state index in [1.807, 2.05) is 6.92 Å². The second kappa shape index (κ2) is 5.86. The standard InChI is InChI=1S/C15H22ClN3O/c1-10-13(16)17-14(11-5-6-11)18-15(10)20-9-7-12-4-3-8-19(12)2/h11-12H,3-9H2,1-2H3. The SMILES string of the molecule is Cc1c(Cl)nc(C2CC2)nc1OCCC1CCCN1C. The fraction of sp³-hybridized carbons (Fsp3) is 0.733. The molecular weight excluding hydrogens is 274 g/mol. The van der Waals surface area contributed by atoms with E-state index in [1.165, 1.54) is 32.2 Å². The molecule has 0 spiro atoms. The van der Waals surface area contributed by atoms with Gasteiger partial charge < -0.3 is 9.64 Å². The summed E-state index contributed by atoms with van der Waals surface area (Å²) < 4.78 is 5.88. The van der Waals surface area contributed by atoms with Gasteiger partial charge in [0.15, 0.2) is 0 Å². The lowest BCUT2D eigenvalue weighted by molar-refractivity contribution is 0.227. The lowest BCUT2D eigenvalue weighted by Gasteiger charge is -2.19. The molecule has 0 N–H and O–H groups in total. The molecule has 2 fully saturated rings. The number of rotatable bonds is 5. The van der Waals surface area contributed by atoms with E-state index in [0.29, 0.717) is 29.6 Å². The molecule has 1 saturated heterocycles. The van der Waals surface area contributed by atoms with Crippen LogP contribution in [0.5, 0.6) is 5.88 Å². The van der Waals surface area contributed by atoms with Crippen LogP contribution in [-0.4, -0.2) is 41.1 Å². The number of halogens is 1. The Kier molecular flexibility index (Phi) is 4.13. The zero-order chi connectivity index (χ0) is 14.1. The van der Waals surface area contributed by atoms with Crippen LogP contribution in [-0.2, 0) is 0 Å². The summed E-state index contributed by atoms with van der Waals surface area (Å²) in [6.45, 7) is 3.83. The number of ether oxygens (including phenoxy) is 1. The molecule has 1 saturated carbocycles. The van der Waals surface area contributed by atoms with E-state index in [-0.39, 0.29) is 0 Å². The average molecular weight is 296 g/mol. The van der Waals surface area contributed by atoms with E-state index in [2.05, 4.69) is 21.9 Å². The van der Waals surface area contributed by atoms with Gasteiger partial charge in [0.2, 0.25) is 5.88 Å². The minimum atomic E-state index is 0.497. The molecule has 2 aliphatic rings. The number of hydrogen-bond donors (Lipinski definition) is 0. The predicted octanol–water partition coefficient (Wildman–Crippen LogP) is 3.18. The normalized spacial score (nSPS) is 23.2. The van der Waals surface area contributed by atoms with Crippen molar-refractivity contribution in [2.24, 2.45) is 0 Å². The fourth-order valence-corrected chi connectivity index (χ4v) is 2.95. The molecular formula is C15H22ClN3O. The fourth-order valence-electron chi connectivity index (χ4n) is 2.79. The summed E-state index contributed by atoms with van der Waals surface area (Å²) in [5, 5.41) is 0.537. The summed E-state index contributed by atoms with van der Waals surface area (Å²) in [4.78, 5) is 11.3. The Bertz CT molecular complexity index is 490. The Morgan fingerprint density at radius 3 is 2.75 bits per heavy atom. The largest absolute Gasteiger partial charge is 0.477 e. The molecule has 4 nitrogen and oxygen atoms in total. The van der Waals surface area contributed by atoms with Crippen LogP contribution < -0.4 is 4.74 Å². The van der Waals surface area contributed by atoms with Gasteiger partial charge in [0.25, 0.3) is 0 Å². The second-order valence-electron chi connectivity index (χ2n) is 5.99. The Morgan fingerprint density at radius 2 is 2.10 bits per heavy atom. The highest BCUT2D eigenvalue weighted by Crippen LogP contribution is 2.39. The first kappa shape index (κ1) is 14.1. The van der Waals surface area contributed by atoms with Gasteiger partial charge in [0, 0.05) is 17.5 Å². The highest BCUT2D eigenvalue weighted by atomic mass is 35.5. The van der Waals surface area contributed by atoms with Crippen molar-refractivity contribution in [1.29, 1.82) is 0 Å². The van der Waals surface area contributed by atoms with Crippen LogP contribution in [0.25, 0.3) is 0 Å². The average Bonchev–Trinajstić information content (AvgIpc) is 3.19. The van der Waals surface area contributed by atoms with Crippen LogP contribution in [0.1, 0.15) is 49.4 Å². The molecule has 3 rings (SSSR count). The van der Waals surface area contributed by atoms with Gasteiger partial charge in [-0.2, -0.15) is 4.98 Å². The maximum absolute atomic E-state index is 6.18. The summed E-state index contributed by atoms with van der Waals surface area (Å²) in [6, 6.07) is 0.649. The smallest absolute Gasteiger partial charge is 0.221 e. The Morgan fingerprint density at radius 1 is 1.30 bits per heavy atom. The van der Waals surface area contributed by atoms with Crippen LogP contribution in [0.4, 0.5) is 0 Å². The molecule has 1 aliphatic carbocycles. The number of nitrogens with zero attached hydrogens (tertiary/aromatic N) is 3. The van der Waals surface area contributed by atoms with Gasteiger partial charge in [0.1, 0.15) is 11.0 Å². The predicted molar refractivity (Wildman–Crippen MR) is 79.5 cm³/mol. The number of hydrogen-bond acceptors (Lipinski definition) is 4. The summed E-state index contributed by atoms with van der Waals surface area (Å²) in [5.74, 6) is 2.03. The van der Waals surface area contributed by atoms with Gasteiger partial charge in [-0.05, 0) is 52.6 Å². The van der Waals surface area contributed by atoms with E-state index < -0.39 is 0 Å². The molecule has 0 aromatic carbocycles. The van der Waals surface area contributed by atoms with Crippen LogP contribution >= 0.6 is 11.6 Å². The van der Waals surface area contributed by atoms with Crippen molar-refractivity contribution in [1.82, 2.24) is 14.9 Å². The van der Waals surface area contributed by atoms with Crippen molar-refractivity contribution in [3.63, 3.8) is 0 Å². The lowest BCUT2D eigenvalue weighted by atomic mass is 10.1. The summed E-state index contributed by atoms with van der Waals surface area (Å²) >= 11 is 6.18. The third kappa shape index (κ3) is 3.07. The second-order valence-corrected chi connectivity index (χ2v) is 6.35. The lowest BCUT2D eigenvalue weighted by Crippen LogP contribution is -2.26. The quantitative estimate of drug-likeness (QED) is 0.782. The Balaban J connectivity index is 1.61. The van der Waals surface area contributed by atoms with Crippen LogP contribution in [0.2, 0.25) is 5.15 Å². The van der Waals surface area contributed by atoms with E-state index in [0.717, 1.165) is 17.8 Å². The Labute approximate surface area is 125 Å². The summed E-state index contributed by atoms with van der Waals surface area (Å²) in [7, 11) is 2.19. The van der Waals surface area contributed by atoms with Crippen LogP contribution in [0.3, 0.4) is 0 Å². The van der Waals surface area contributed by atoms with Crippen molar-refractivity contribution in [2.75, 3.05) is 20.2 Å². The first-order chi connectivity index (χ1) is 9.65. The molecule has 1 unspecified atom stereocenters. The molecule has 1 aromatic rings. The van der Waals surface area contributed by atoms with Gasteiger partial charge in [-0.15, -0.1) is 0 Å². The molecule has 2 heterocycles. The van der Waals surface area contributed by atoms with Gasteiger partial charge >= 0.3 is 0 Å². The molecule has 20 heavy (non-hydrogen) atoms. The van der Waals surface area contributed by atoms with E-state index in [1.54, 1.807) is 0 Å². The maximum atomic E-state index is 6.18. The van der Waals surface area contributed by atoms with Crippen LogP contribution in [0.15, 0.2) is 0 Å². The minimum Gasteiger partial charge on any atom is -0.477 e. The zero-order valence-corrected chi connectivity index (χ0v) is 13.0. The van der Waals surface area contributed by atoms with Crippen molar-refractivity contribution in [3.05, 3.63) is 16.5 Å². The highest BCUT2D eigenvalue weighted by Gasteiger charge is 2.28. The molecule has 0 radical (unpaired) electrons. The monoisotopic (exact) mass is 295 g/mol. The van der Waals surface area contributed by atoms with Crippen molar-refractivity contribution in [3.8, 4) is 5.88 Å². The minimum absolute atomic E-state index is 0.497. The number of aromatic nitrogens is 2. The molecule has 0 amide bonds. The number of likely N-dealkylation sites (tertiary alicyclic amines) is 1. The van der Waals surface area contributed by atoms with Gasteiger partial charge in [0.05, 0.1) is 6.61 Å². The maximum Gasteiger partial charge on any atom is 0.221 e. The first-order valence-electron chi connectivity index (χ1n) is 7.52. The van der Waals surface area contributed by atoms with Crippen molar-refractivity contribution < 1.29 is 4.74 Å². The topological polar surface area (TPSA) is 38.3 Å². The van der Waals surface area contributed by atoms with Gasteiger partial charge in [-0.1, -0.05) is 11.6 Å². The third-order valence-electron chi connectivity index (χ3n) is 4.36. The van der Waals surface area contributed by atoms with E-state index >= 15 is 0 Å². The molecule has 5 heteroatoms. The third-order valence-corrected chi connectivity index (χ3v) is 4.73. The van der Waals surface area contributed by atoms with E-state index in [4.69, 9.17) is 16.3 Å². The molecule has 1 aromatic heterocycles.